The zero-order valence-corrected chi connectivity index (χ0v) is 14.4. The lowest BCUT2D eigenvalue weighted by Crippen LogP contribution is -2.55. The van der Waals surface area contributed by atoms with E-state index in [2.05, 4.69) is 10.2 Å². The zero-order valence-electron chi connectivity index (χ0n) is 14.4. The fraction of sp³-hybridized carbons (Fsp3) is 0.556. The van der Waals surface area contributed by atoms with Crippen LogP contribution in [0, 0.1) is 0 Å². The molecule has 1 fully saturated rings. The summed E-state index contributed by atoms with van der Waals surface area (Å²) >= 11 is 0. The minimum Gasteiger partial charge on any atom is -0.383 e. The summed E-state index contributed by atoms with van der Waals surface area (Å²) in [6.45, 7) is 4.44. The Bertz CT molecular complexity index is 632. The van der Waals surface area contributed by atoms with Crippen molar-refractivity contribution in [2.45, 2.75) is 32.2 Å². The Morgan fingerprint density at radius 3 is 2.92 bits per heavy atom. The Kier molecular flexibility index (Phi) is 5.04. The van der Waals surface area contributed by atoms with Gasteiger partial charge in [0.05, 0.1) is 18.0 Å². The van der Waals surface area contributed by atoms with E-state index in [-0.39, 0.29) is 17.9 Å². The van der Waals surface area contributed by atoms with Crippen LogP contribution in [-0.2, 0) is 9.53 Å². The van der Waals surface area contributed by atoms with Gasteiger partial charge in [-0.2, -0.15) is 0 Å². The summed E-state index contributed by atoms with van der Waals surface area (Å²) in [6, 6.07) is 5.61. The van der Waals surface area contributed by atoms with Crippen molar-refractivity contribution < 1.29 is 14.3 Å². The van der Waals surface area contributed by atoms with Crippen LogP contribution in [0.3, 0.4) is 0 Å². The Morgan fingerprint density at radius 2 is 2.17 bits per heavy atom. The van der Waals surface area contributed by atoms with Crippen molar-refractivity contribution in [3.05, 3.63) is 23.8 Å². The maximum Gasteiger partial charge on any atom is 0.251 e. The largest absolute Gasteiger partial charge is 0.383 e. The first kappa shape index (κ1) is 16.8. The first-order valence-electron chi connectivity index (χ1n) is 8.66. The summed E-state index contributed by atoms with van der Waals surface area (Å²) < 4.78 is 4.95. The van der Waals surface area contributed by atoms with Crippen LogP contribution in [0.15, 0.2) is 18.2 Å². The van der Waals surface area contributed by atoms with E-state index in [4.69, 9.17) is 4.74 Å². The molecular weight excluding hydrogens is 306 g/mol. The number of nitrogens with zero attached hydrogens (tertiary/aromatic N) is 2. The van der Waals surface area contributed by atoms with Gasteiger partial charge < -0.3 is 19.9 Å². The molecule has 0 aromatic heterocycles. The Morgan fingerprint density at radius 1 is 1.33 bits per heavy atom. The molecule has 0 saturated carbocycles. The number of methoxy groups -OCH3 is 1. The van der Waals surface area contributed by atoms with Crippen LogP contribution in [0.2, 0.25) is 0 Å². The quantitative estimate of drug-likeness (QED) is 0.836. The summed E-state index contributed by atoms with van der Waals surface area (Å²) in [7, 11) is 1.60. The highest BCUT2D eigenvalue weighted by Crippen LogP contribution is 2.39. The molecule has 1 N–H and O–H groups in total. The van der Waals surface area contributed by atoms with Gasteiger partial charge in [0.15, 0.2) is 0 Å². The predicted molar refractivity (Wildman–Crippen MR) is 93.7 cm³/mol. The number of amides is 2. The zero-order chi connectivity index (χ0) is 17.1. The van der Waals surface area contributed by atoms with Crippen LogP contribution >= 0.6 is 0 Å². The monoisotopic (exact) mass is 331 g/mol. The molecule has 0 bridgehead atoms. The second-order valence-electron chi connectivity index (χ2n) is 6.24. The van der Waals surface area contributed by atoms with Crippen LogP contribution in [0.4, 0.5) is 11.4 Å². The maximum atomic E-state index is 12.8. The number of hydrogen-bond acceptors (Lipinski definition) is 4. The Labute approximate surface area is 142 Å². The van der Waals surface area contributed by atoms with Crippen molar-refractivity contribution >= 4 is 23.2 Å². The summed E-state index contributed by atoms with van der Waals surface area (Å²) in [4.78, 5) is 29.1. The third-order valence-electron chi connectivity index (χ3n) is 4.80. The number of rotatable bonds is 5. The standard InChI is InChI=1S/C18H25N3O3/c1-3-20-16-12-13(17(22)19-9-11-24-2)7-8-14(16)21-10-5-4-6-15(21)18(20)23/h7-8,12,15H,3-6,9-11H2,1-2H3,(H,19,22)/t15-/m0/s1. The van der Waals surface area contributed by atoms with E-state index in [1.165, 1.54) is 0 Å². The van der Waals surface area contributed by atoms with Gasteiger partial charge in [-0.25, -0.2) is 0 Å². The SMILES string of the molecule is CCN1C(=O)[C@@H]2CCCCN2c2ccc(C(=O)NCCOC)cc21. The third-order valence-corrected chi connectivity index (χ3v) is 4.80. The van der Waals surface area contributed by atoms with E-state index in [1.54, 1.807) is 7.11 Å². The summed E-state index contributed by atoms with van der Waals surface area (Å²) in [6.07, 6.45) is 3.11. The number of likely N-dealkylation sites (N-methyl/N-ethyl adjacent to an activating group) is 1. The first-order valence-corrected chi connectivity index (χ1v) is 8.66. The van der Waals surface area contributed by atoms with Gasteiger partial charge in [0.1, 0.15) is 6.04 Å². The number of benzene rings is 1. The van der Waals surface area contributed by atoms with Crippen LogP contribution in [-0.4, -0.2) is 51.2 Å². The van der Waals surface area contributed by atoms with Gasteiger partial charge in [-0.05, 0) is 44.4 Å². The van der Waals surface area contributed by atoms with E-state index in [9.17, 15) is 9.59 Å². The van der Waals surface area contributed by atoms with Crippen molar-refractivity contribution in [3.63, 3.8) is 0 Å². The minimum absolute atomic E-state index is 0.0485. The molecule has 0 aliphatic carbocycles. The lowest BCUT2D eigenvalue weighted by molar-refractivity contribution is -0.120. The molecule has 24 heavy (non-hydrogen) atoms. The van der Waals surface area contributed by atoms with Gasteiger partial charge in [-0.3, -0.25) is 9.59 Å². The number of nitrogens with one attached hydrogen (secondary N) is 1. The topological polar surface area (TPSA) is 61.9 Å². The summed E-state index contributed by atoms with van der Waals surface area (Å²) in [5.74, 6) is 0.0146. The number of carbonyl (C=O) groups is 2. The second-order valence-corrected chi connectivity index (χ2v) is 6.24. The van der Waals surface area contributed by atoms with Gasteiger partial charge in [0.25, 0.3) is 5.91 Å². The van der Waals surface area contributed by atoms with Crippen LogP contribution < -0.4 is 15.1 Å². The Hall–Kier alpha value is -2.08. The lowest BCUT2D eigenvalue weighted by Gasteiger charge is -2.45. The number of fused-ring (bicyclic) bond motifs is 3. The van der Waals surface area contributed by atoms with Gasteiger partial charge >= 0.3 is 0 Å². The fourth-order valence-corrected chi connectivity index (χ4v) is 3.59. The van der Waals surface area contributed by atoms with Crippen molar-refractivity contribution in [2.24, 2.45) is 0 Å². The van der Waals surface area contributed by atoms with Gasteiger partial charge in [-0.15, -0.1) is 0 Å². The van der Waals surface area contributed by atoms with E-state index in [0.29, 0.717) is 25.3 Å². The highest BCUT2D eigenvalue weighted by Gasteiger charge is 2.38. The molecule has 6 heteroatoms. The third kappa shape index (κ3) is 2.98. The molecule has 0 radical (unpaired) electrons. The number of carbonyl (C=O) groups excluding carboxylic acids is 2. The molecule has 2 amide bonds. The van der Waals surface area contributed by atoms with Crippen LogP contribution in [0.5, 0.6) is 0 Å². The summed E-state index contributed by atoms with van der Waals surface area (Å²) in [5.41, 5.74) is 2.49. The molecule has 2 aliphatic heterocycles. The molecule has 130 valence electrons. The van der Waals surface area contributed by atoms with Gasteiger partial charge in [0.2, 0.25) is 5.91 Å². The lowest BCUT2D eigenvalue weighted by atomic mass is 9.95. The van der Waals surface area contributed by atoms with Crippen molar-refractivity contribution in [3.8, 4) is 0 Å². The van der Waals surface area contributed by atoms with E-state index < -0.39 is 0 Å². The average molecular weight is 331 g/mol. The van der Waals surface area contributed by atoms with E-state index >= 15 is 0 Å². The van der Waals surface area contributed by atoms with Crippen molar-refractivity contribution in [1.29, 1.82) is 0 Å². The Balaban J connectivity index is 1.90. The highest BCUT2D eigenvalue weighted by molar-refractivity contribution is 6.07. The molecule has 0 spiro atoms. The van der Waals surface area contributed by atoms with E-state index in [1.807, 2.05) is 30.0 Å². The molecule has 0 unspecified atom stereocenters. The minimum atomic E-state index is -0.140. The first-order chi connectivity index (χ1) is 11.7. The molecular formula is C18H25N3O3. The molecule has 1 aromatic rings. The number of ether oxygens (including phenoxy) is 1. The van der Waals surface area contributed by atoms with Gasteiger partial charge in [-0.1, -0.05) is 0 Å². The average Bonchev–Trinajstić information content (AvgIpc) is 2.62. The van der Waals surface area contributed by atoms with Crippen LogP contribution in [0.1, 0.15) is 36.5 Å². The normalized spacial score (nSPS) is 19.8. The number of hydrogen-bond donors (Lipinski definition) is 1. The molecule has 6 nitrogen and oxygen atoms in total. The highest BCUT2D eigenvalue weighted by atomic mass is 16.5. The molecule has 3 rings (SSSR count). The van der Waals surface area contributed by atoms with Crippen molar-refractivity contribution in [2.75, 3.05) is 43.2 Å². The van der Waals surface area contributed by atoms with Crippen molar-refractivity contribution in [1.82, 2.24) is 5.32 Å². The predicted octanol–water partition coefficient (Wildman–Crippen LogP) is 1.79. The molecule has 1 saturated heterocycles. The second kappa shape index (κ2) is 7.21. The summed E-state index contributed by atoms with van der Waals surface area (Å²) in [5, 5.41) is 2.83. The molecule has 2 heterocycles. The number of anilines is 2. The molecule has 1 atom stereocenters. The van der Waals surface area contributed by atoms with E-state index in [0.717, 1.165) is 37.2 Å². The maximum absolute atomic E-state index is 12.8. The fourth-order valence-electron chi connectivity index (χ4n) is 3.59. The van der Waals surface area contributed by atoms with Crippen LogP contribution in [0.25, 0.3) is 0 Å². The van der Waals surface area contributed by atoms with Gasteiger partial charge in [0, 0.05) is 32.3 Å². The molecule has 2 aliphatic rings. The number of piperidine rings is 1. The molecule has 1 aromatic carbocycles. The smallest absolute Gasteiger partial charge is 0.251 e.